The van der Waals surface area contributed by atoms with Crippen molar-refractivity contribution in [3.63, 3.8) is 0 Å². The third-order valence-corrected chi connectivity index (χ3v) is 2.39. The van der Waals surface area contributed by atoms with Gasteiger partial charge in [0.1, 0.15) is 11.5 Å². The van der Waals surface area contributed by atoms with Gasteiger partial charge in [0.25, 0.3) is 0 Å². The number of benzene rings is 1. The monoisotopic (exact) mass is 236 g/mol. The maximum absolute atomic E-state index is 11.1. The van der Waals surface area contributed by atoms with Gasteiger partial charge in [-0.1, -0.05) is 25.1 Å². The number of hydrogen-bond acceptors (Lipinski definition) is 3. The van der Waals surface area contributed by atoms with Gasteiger partial charge in [0.15, 0.2) is 6.29 Å². The molecule has 0 aromatic heterocycles. The molecule has 1 atom stereocenters. The Morgan fingerprint density at radius 2 is 2.00 bits per heavy atom. The van der Waals surface area contributed by atoms with Crippen LogP contribution in [0.15, 0.2) is 30.3 Å². The largest absolute Gasteiger partial charge is 0.465 e. The maximum atomic E-state index is 11.1. The zero-order valence-electron chi connectivity index (χ0n) is 10.5. The van der Waals surface area contributed by atoms with Gasteiger partial charge < -0.3 is 9.47 Å². The van der Waals surface area contributed by atoms with Crippen LogP contribution in [0.4, 0.5) is 0 Å². The molecule has 0 N–H and O–H groups in total. The van der Waals surface area contributed by atoms with Gasteiger partial charge >= 0.3 is 0 Å². The highest BCUT2D eigenvalue weighted by atomic mass is 16.7. The summed E-state index contributed by atoms with van der Waals surface area (Å²) < 4.78 is 11.0. The van der Waals surface area contributed by atoms with Gasteiger partial charge in [-0.25, -0.2) is 0 Å². The number of carbonyl (C=O) groups is 1. The normalized spacial score (nSPS) is 12.1. The van der Waals surface area contributed by atoms with Crippen LogP contribution in [0.25, 0.3) is 0 Å². The summed E-state index contributed by atoms with van der Waals surface area (Å²) in [6.45, 7) is 4.29. The van der Waals surface area contributed by atoms with Crippen LogP contribution < -0.4 is 4.74 Å². The standard InChI is InChI=1S/C14H20O3/c1-3-13(15)8-7-11-16-12(2)17-14-9-5-4-6-10-14/h4-6,9-10,12H,3,7-8,11H2,1-2H3. The molecule has 1 rings (SSSR count). The molecule has 3 nitrogen and oxygen atoms in total. The molecule has 17 heavy (non-hydrogen) atoms. The second-order valence-electron chi connectivity index (χ2n) is 3.87. The van der Waals surface area contributed by atoms with Crippen LogP contribution in [-0.2, 0) is 9.53 Å². The van der Waals surface area contributed by atoms with E-state index in [9.17, 15) is 4.79 Å². The molecule has 0 radical (unpaired) electrons. The molecule has 0 fully saturated rings. The Morgan fingerprint density at radius 1 is 1.29 bits per heavy atom. The zero-order chi connectivity index (χ0) is 12.5. The molecule has 0 aliphatic heterocycles. The van der Waals surface area contributed by atoms with E-state index < -0.39 is 0 Å². The van der Waals surface area contributed by atoms with Crippen LogP contribution in [0, 0.1) is 0 Å². The molecule has 1 unspecified atom stereocenters. The highest BCUT2D eigenvalue weighted by Gasteiger charge is 2.04. The summed E-state index contributed by atoms with van der Waals surface area (Å²) in [4.78, 5) is 11.1. The Labute approximate surface area is 103 Å². The van der Waals surface area contributed by atoms with Gasteiger partial charge in [-0.3, -0.25) is 4.79 Å². The van der Waals surface area contributed by atoms with Crippen LogP contribution in [0.2, 0.25) is 0 Å². The van der Waals surface area contributed by atoms with Crippen LogP contribution >= 0.6 is 0 Å². The van der Waals surface area contributed by atoms with Crippen LogP contribution in [0.3, 0.4) is 0 Å². The van der Waals surface area contributed by atoms with Crippen molar-refractivity contribution >= 4 is 5.78 Å². The number of carbonyl (C=O) groups excluding carboxylic acids is 1. The van der Waals surface area contributed by atoms with E-state index in [2.05, 4.69) is 0 Å². The Kier molecular flexibility index (Phi) is 6.33. The van der Waals surface area contributed by atoms with Gasteiger partial charge in [-0.15, -0.1) is 0 Å². The molecule has 0 aliphatic carbocycles. The third-order valence-electron chi connectivity index (χ3n) is 2.39. The molecule has 0 saturated carbocycles. The summed E-state index contributed by atoms with van der Waals surface area (Å²) in [5.74, 6) is 1.08. The molecule has 1 aromatic rings. The lowest BCUT2D eigenvalue weighted by atomic mass is 10.2. The van der Waals surface area contributed by atoms with E-state index in [1.54, 1.807) is 0 Å². The van der Waals surface area contributed by atoms with Crippen molar-refractivity contribution in [1.82, 2.24) is 0 Å². The van der Waals surface area contributed by atoms with Gasteiger partial charge in [-0.05, 0) is 25.5 Å². The molecule has 1 aromatic carbocycles. The van der Waals surface area contributed by atoms with Crippen LogP contribution in [0.5, 0.6) is 5.75 Å². The molecule has 94 valence electrons. The molecule has 0 spiro atoms. The fourth-order valence-corrected chi connectivity index (χ4v) is 1.42. The van der Waals surface area contributed by atoms with E-state index in [1.165, 1.54) is 0 Å². The van der Waals surface area contributed by atoms with Crippen molar-refractivity contribution in [2.24, 2.45) is 0 Å². The maximum Gasteiger partial charge on any atom is 0.196 e. The second kappa shape index (κ2) is 7.85. The van der Waals surface area contributed by atoms with E-state index in [1.807, 2.05) is 44.2 Å². The Bertz CT molecular complexity index is 321. The number of ketones is 1. The first-order valence-electron chi connectivity index (χ1n) is 6.07. The molecule has 0 aliphatic rings. The summed E-state index contributed by atoms with van der Waals surface area (Å²) in [7, 11) is 0. The topological polar surface area (TPSA) is 35.5 Å². The third kappa shape index (κ3) is 6.07. The smallest absolute Gasteiger partial charge is 0.196 e. The van der Waals surface area contributed by atoms with E-state index in [-0.39, 0.29) is 12.1 Å². The first-order valence-corrected chi connectivity index (χ1v) is 6.07. The Balaban J connectivity index is 2.13. The van der Waals surface area contributed by atoms with E-state index in [0.29, 0.717) is 19.4 Å². The minimum atomic E-state index is -0.283. The van der Waals surface area contributed by atoms with Gasteiger partial charge in [0, 0.05) is 12.8 Å². The van der Waals surface area contributed by atoms with E-state index in [4.69, 9.17) is 9.47 Å². The average molecular weight is 236 g/mol. The van der Waals surface area contributed by atoms with Crippen molar-refractivity contribution < 1.29 is 14.3 Å². The Morgan fingerprint density at radius 3 is 2.65 bits per heavy atom. The summed E-state index contributed by atoms with van der Waals surface area (Å²) >= 11 is 0. The van der Waals surface area contributed by atoms with Gasteiger partial charge in [0.05, 0.1) is 6.61 Å². The van der Waals surface area contributed by atoms with Crippen molar-refractivity contribution in [2.45, 2.75) is 39.4 Å². The van der Waals surface area contributed by atoms with Crippen molar-refractivity contribution in [3.8, 4) is 5.75 Å². The lowest BCUT2D eigenvalue weighted by molar-refractivity contribution is -0.119. The average Bonchev–Trinajstić information content (AvgIpc) is 2.35. The van der Waals surface area contributed by atoms with Gasteiger partial charge in [-0.2, -0.15) is 0 Å². The van der Waals surface area contributed by atoms with E-state index in [0.717, 1.165) is 12.2 Å². The van der Waals surface area contributed by atoms with Crippen molar-refractivity contribution in [2.75, 3.05) is 6.61 Å². The second-order valence-corrected chi connectivity index (χ2v) is 3.87. The van der Waals surface area contributed by atoms with E-state index >= 15 is 0 Å². The van der Waals surface area contributed by atoms with Crippen molar-refractivity contribution in [1.29, 1.82) is 0 Å². The quantitative estimate of drug-likeness (QED) is 0.513. The van der Waals surface area contributed by atoms with Gasteiger partial charge in [0.2, 0.25) is 0 Å². The molecule has 0 saturated heterocycles. The highest BCUT2D eigenvalue weighted by molar-refractivity contribution is 5.77. The van der Waals surface area contributed by atoms with Crippen molar-refractivity contribution in [3.05, 3.63) is 30.3 Å². The molecule has 3 heteroatoms. The summed E-state index contributed by atoms with van der Waals surface area (Å²) in [5.41, 5.74) is 0. The number of hydrogen-bond donors (Lipinski definition) is 0. The molecular formula is C14H20O3. The first-order chi connectivity index (χ1) is 8.22. The zero-order valence-corrected chi connectivity index (χ0v) is 10.5. The highest BCUT2D eigenvalue weighted by Crippen LogP contribution is 2.11. The Hall–Kier alpha value is -1.35. The SMILES string of the molecule is CCC(=O)CCCOC(C)Oc1ccccc1. The minimum Gasteiger partial charge on any atom is -0.465 e. The first kappa shape index (κ1) is 13.7. The lowest BCUT2D eigenvalue weighted by Gasteiger charge is -2.15. The lowest BCUT2D eigenvalue weighted by Crippen LogP contribution is -2.17. The number of para-hydroxylation sites is 1. The fourth-order valence-electron chi connectivity index (χ4n) is 1.42. The number of rotatable bonds is 8. The molecule has 0 heterocycles. The summed E-state index contributed by atoms with van der Waals surface area (Å²) in [6.07, 6.45) is 1.67. The summed E-state index contributed by atoms with van der Waals surface area (Å²) in [5, 5.41) is 0. The number of ether oxygens (including phenoxy) is 2. The predicted octanol–water partition coefficient (Wildman–Crippen LogP) is 3.19. The van der Waals surface area contributed by atoms with Crippen LogP contribution in [-0.4, -0.2) is 18.7 Å². The predicted molar refractivity (Wildman–Crippen MR) is 67.0 cm³/mol. The molecular weight excluding hydrogens is 216 g/mol. The fraction of sp³-hybridized carbons (Fsp3) is 0.500. The molecule has 0 amide bonds. The molecule has 0 bridgehead atoms. The summed E-state index contributed by atoms with van der Waals surface area (Å²) in [6, 6.07) is 9.56. The minimum absolute atomic E-state index is 0.283. The van der Waals surface area contributed by atoms with Crippen LogP contribution in [0.1, 0.15) is 33.1 Å². The number of Topliss-reactive ketones (excluding diaryl/α,β-unsaturated/α-hetero) is 1.